The molecule has 1 aliphatic heterocycles. The molecule has 1 saturated heterocycles. The molecule has 0 atom stereocenters. The summed E-state index contributed by atoms with van der Waals surface area (Å²) < 4.78 is 13.7. The van der Waals surface area contributed by atoms with Gasteiger partial charge in [-0.25, -0.2) is 4.39 Å². The van der Waals surface area contributed by atoms with E-state index in [1.54, 1.807) is 6.92 Å². The summed E-state index contributed by atoms with van der Waals surface area (Å²) in [5.74, 6) is -1.18. The van der Waals surface area contributed by atoms with Crippen LogP contribution in [0.2, 0.25) is 0 Å². The molecule has 1 aliphatic rings. The molecule has 0 unspecified atom stereocenters. The van der Waals surface area contributed by atoms with Crippen molar-refractivity contribution in [3.8, 4) is 0 Å². The first-order valence-corrected chi connectivity index (χ1v) is 6.39. The first-order valence-electron chi connectivity index (χ1n) is 6.39. The van der Waals surface area contributed by atoms with Crippen LogP contribution in [0.3, 0.4) is 0 Å². The number of amides is 1. The fourth-order valence-electron chi connectivity index (χ4n) is 2.26. The summed E-state index contributed by atoms with van der Waals surface area (Å²) in [5.41, 5.74) is -1.43. The number of benzene rings is 1. The minimum absolute atomic E-state index is 0.359. The molecule has 7 heteroatoms. The molecule has 0 saturated carbocycles. The average Bonchev–Trinajstić information content (AvgIpc) is 2.41. The number of halogens is 1. The maximum atomic E-state index is 13.7. The van der Waals surface area contributed by atoms with Crippen molar-refractivity contribution in [3.63, 3.8) is 0 Å². The Kier molecular flexibility index (Phi) is 3.99. The predicted octanol–water partition coefficient (Wildman–Crippen LogP) is 2.06. The summed E-state index contributed by atoms with van der Waals surface area (Å²) in [6, 6.07) is 3.51. The summed E-state index contributed by atoms with van der Waals surface area (Å²) in [7, 11) is 0. The lowest BCUT2D eigenvalue weighted by atomic mass is 9.80. The van der Waals surface area contributed by atoms with Gasteiger partial charge in [-0.15, -0.1) is 0 Å². The van der Waals surface area contributed by atoms with Crippen molar-refractivity contribution in [2.24, 2.45) is 5.41 Å². The number of nitrogens with zero attached hydrogens (tertiary/aromatic N) is 1. The number of nitro groups is 1. The summed E-state index contributed by atoms with van der Waals surface area (Å²) >= 11 is 0. The maximum absolute atomic E-state index is 13.7. The fraction of sp³-hybridized carbons (Fsp3) is 0.462. The highest BCUT2D eigenvalue weighted by Gasteiger charge is 2.36. The van der Waals surface area contributed by atoms with Crippen LogP contribution in [0.1, 0.15) is 19.8 Å². The molecule has 1 amide bonds. The number of para-hydroxylation sites is 1. The van der Waals surface area contributed by atoms with Crippen LogP contribution < -0.4 is 10.6 Å². The number of anilines is 1. The molecule has 0 aromatic heterocycles. The van der Waals surface area contributed by atoms with Gasteiger partial charge in [-0.3, -0.25) is 14.9 Å². The van der Waals surface area contributed by atoms with Crippen molar-refractivity contribution in [1.82, 2.24) is 5.32 Å². The Morgan fingerprint density at radius 2 is 2.10 bits per heavy atom. The van der Waals surface area contributed by atoms with E-state index >= 15 is 0 Å². The molecule has 1 heterocycles. The molecule has 2 N–H and O–H groups in total. The van der Waals surface area contributed by atoms with Gasteiger partial charge in [0.1, 0.15) is 0 Å². The fourth-order valence-corrected chi connectivity index (χ4v) is 2.26. The van der Waals surface area contributed by atoms with Gasteiger partial charge in [-0.05, 0) is 32.0 Å². The molecule has 0 radical (unpaired) electrons. The number of nitrogens with one attached hydrogen (secondary N) is 2. The summed E-state index contributed by atoms with van der Waals surface area (Å²) in [6.45, 7) is 3.18. The Balaban J connectivity index is 2.25. The highest BCUT2D eigenvalue weighted by Crippen LogP contribution is 2.33. The van der Waals surface area contributed by atoms with Crippen LogP contribution >= 0.6 is 0 Å². The largest absolute Gasteiger partial charge is 0.317 e. The van der Waals surface area contributed by atoms with Gasteiger partial charge in [0.05, 0.1) is 4.92 Å². The van der Waals surface area contributed by atoms with Gasteiger partial charge < -0.3 is 10.6 Å². The zero-order valence-corrected chi connectivity index (χ0v) is 11.1. The van der Waals surface area contributed by atoms with Crippen molar-refractivity contribution in [2.45, 2.75) is 19.8 Å². The second kappa shape index (κ2) is 5.54. The third kappa shape index (κ3) is 2.77. The molecule has 0 aliphatic carbocycles. The van der Waals surface area contributed by atoms with Gasteiger partial charge in [0.15, 0.2) is 11.5 Å². The van der Waals surface area contributed by atoms with Crippen molar-refractivity contribution in [1.29, 1.82) is 0 Å². The Morgan fingerprint density at radius 3 is 2.70 bits per heavy atom. The van der Waals surface area contributed by atoms with Gasteiger partial charge in [-0.2, -0.15) is 0 Å². The molecule has 20 heavy (non-hydrogen) atoms. The predicted molar refractivity (Wildman–Crippen MR) is 71.9 cm³/mol. The molecular formula is C13H16FN3O3. The second-order valence-corrected chi connectivity index (χ2v) is 5.16. The molecular weight excluding hydrogens is 265 g/mol. The van der Waals surface area contributed by atoms with Crippen LogP contribution in [0.4, 0.5) is 15.8 Å². The summed E-state index contributed by atoms with van der Waals surface area (Å²) in [6.07, 6.45) is 1.22. The van der Waals surface area contributed by atoms with E-state index in [0.29, 0.717) is 25.9 Å². The molecule has 0 spiro atoms. The third-order valence-electron chi connectivity index (χ3n) is 3.68. The minimum atomic E-state index is -0.801. The molecule has 108 valence electrons. The smallest absolute Gasteiger partial charge is 0.295 e. The molecule has 2 rings (SSSR count). The first-order chi connectivity index (χ1) is 9.44. The monoisotopic (exact) mass is 281 g/mol. The Hall–Kier alpha value is -2.02. The number of rotatable bonds is 3. The van der Waals surface area contributed by atoms with Crippen LogP contribution in [-0.2, 0) is 4.79 Å². The third-order valence-corrected chi connectivity index (χ3v) is 3.68. The number of hydrogen-bond donors (Lipinski definition) is 2. The van der Waals surface area contributed by atoms with Gasteiger partial charge in [0.2, 0.25) is 5.91 Å². The quantitative estimate of drug-likeness (QED) is 0.656. The van der Waals surface area contributed by atoms with Crippen LogP contribution in [0.15, 0.2) is 18.2 Å². The number of piperidine rings is 1. The van der Waals surface area contributed by atoms with E-state index in [9.17, 15) is 19.3 Å². The van der Waals surface area contributed by atoms with E-state index in [1.165, 1.54) is 12.1 Å². The molecule has 1 aromatic carbocycles. The van der Waals surface area contributed by atoms with E-state index in [-0.39, 0.29) is 11.6 Å². The molecule has 0 bridgehead atoms. The van der Waals surface area contributed by atoms with Gasteiger partial charge in [-0.1, -0.05) is 13.0 Å². The number of carbonyl (C=O) groups is 1. The number of hydrogen-bond acceptors (Lipinski definition) is 4. The van der Waals surface area contributed by atoms with E-state index in [4.69, 9.17) is 0 Å². The summed E-state index contributed by atoms with van der Waals surface area (Å²) in [5, 5.41) is 16.4. The lowest BCUT2D eigenvalue weighted by molar-refractivity contribution is -0.384. The van der Waals surface area contributed by atoms with Crippen LogP contribution in [-0.4, -0.2) is 23.9 Å². The van der Waals surface area contributed by atoms with Crippen molar-refractivity contribution in [3.05, 3.63) is 34.1 Å². The highest BCUT2D eigenvalue weighted by molar-refractivity contribution is 5.97. The van der Waals surface area contributed by atoms with E-state index in [1.807, 2.05) is 0 Å². The van der Waals surface area contributed by atoms with Crippen LogP contribution in [0.5, 0.6) is 0 Å². The average molecular weight is 281 g/mol. The lowest BCUT2D eigenvalue weighted by Gasteiger charge is -2.32. The second-order valence-electron chi connectivity index (χ2n) is 5.16. The van der Waals surface area contributed by atoms with Crippen molar-refractivity contribution < 1.29 is 14.1 Å². The van der Waals surface area contributed by atoms with E-state index < -0.39 is 21.8 Å². The Morgan fingerprint density at radius 1 is 1.45 bits per heavy atom. The highest BCUT2D eigenvalue weighted by atomic mass is 19.1. The lowest BCUT2D eigenvalue weighted by Crippen LogP contribution is -2.43. The molecule has 6 nitrogen and oxygen atoms in total. The minimum Gasteiger partial charge on any atom is -0.317 e. The van der Waals surface area contributed by atoms with Crippen molar-refractivity contribution >= 4 is 17.3 Å². The summed E-state index contributed by atoms with van der Waals surface area (Å²) in [4.78, 5) is 22.5. The van der Waals surface area contributed by atoms with Crippen LogP contribution in [0.25, 0.3) is 0 Å². The number of carbonyl (C=O) groups excluding carboxylic acids is 1. The van der Waals surface area contributed by atoms with E-state index in [0.717, 1.165) is 6.07 Å². The Labute approximate surface area is 115 Å². The van der Waals surface area contributed by atoms with E-state index in [2.05, 4.69) is 10.6 Å². The zero-order valence-electron chi connectivity index (χ0n) is 11.1. The standard InChI is InChI=1S/C13H16FN3O3/c1-13(5-7-15-8-6-13)12(18)16-11-9(14)3-2-4-10(11)17(19)20/h2-4,15H,5-8H2,1H3,(H,16,18). The first kappa shape index (κ1) is 14.4. The van der Waals surface area contributed by atoms with Gasteiger partial charge in [0, 0.05) is 11.5 Å². The number of nitro benzene ring substituents is 1. The topological polar surface area (TPSA) is 84.3 Å². The normalized spacial score (nSPS) is 17.5. The van der Waals surface area contributed by atoms with Gasteiger partial charge in [0.25, 0.3) is 5.69 Å². The maximum Gasteiger partial charge on any atom is 0.295 e. The van der Waals surface area contributed by atoms with Crippen molar-refractivity contribution in [2.75, 3.05) is 18.4 Å². The van der Waals surface area contributed by atoms with Gasteiger partial charge >= 0.3 is 0 Å². The molecule has 1 aromatic rings. The Bertz CT molecular complexity index is 542. The SMILES string of the molecule is CC1(C(=O)Nc2c(F)cccc2[N+](=O)[O-])CCNCC1. The molecule has 1 fully saturated rings. The zero-order chi connectivity index (χ0) is 14.8. The van der Waals surface area contributed by atoms with Crippen LogP contribution in [0, 0.1) is 21.3 Å².